The molecule has 2 heterocycles. The quantitative estimate of drug-likeness (QED) is 0.263. The van der Waals surface area contributed by atoms with Gasteiger partial charge in [-0.25, -0.2) is 9.69 Å². The van der Waals surface area contributed by atoms with Crippen molar-refractivity contribution in [2.24, 2.45) is 17.6 Å². The Morgan fingerprint density at radius 2 is 1.91 bits per heavy atom. The molecule has 35 heavy (non-hydrogen) atoms. The van der Waals surface area contributed by atoms with Crippen molar-refractivity contribution in [1.82, 2.24) is 10.6 Å². The number of nitrogens with two attached hydrogens (primary N) is 1. The standard InChI is InChI=1S/C24H25BrN4O6/c1-12-5-2-3-6-15(12)29-20(31)17-18(21(29)32)24(22(33)34,9-4-10-27-23(26)35)28-19(17)14-11-13(25)7-8-16(14)30/h2-3,5-8,11,17-19,28,30H,4,9-10H2,1H3,(H,33,34)(H3,26,27,35). The number of aliphatic carboxylic acids is 1. The molecule has 2 aliphatic rings. The first-order valence-corrected chi connectivity index (χ1v) is 11.8. The third-order valence-electron chi connectivity index (χ3n) is 6.76. The second kappa shape index (κ2) is 9.31. The summed E-state index contributed by atoms with van der Waals surface area (Å²) in [4.78, 5) is 52.4. The number of hydrogen-bond acceptors (Lipinski definition) is 6. The lowest BCUT2D eigenvalue weighted by atomic mass is 9.77. The van der Waals surface area contributed by atoms with Gasteiger partial charge in [-0.2, -0.15) is 0 Å². The van der Waals surface area contributed by atoms with Crippen LogP contribution in [-0.4, -0.2) is 46.1 Å². The number of para-hydroxylation sites is 1. The molecule has 184 valence electrons. The highest BCUT2D eigenvalue weighted by Gasteiger charge is 2.68. The predicted molar refractivity (Wildman–Crippen MR) is 130 cm³/mol. The number of amides is 4. The normalized spacial score (nSPS) is 25.5. The van der Waals surface area contributed by atoms with Crippen LogP contribution < -0.4 is 21.3 Å². The molecule has 0 bridgehead atoms. The number of nitrogens with zero attached hydrogens (tertiary/aromatic N) is 1. The number of nitrogens with one attached hydrogen (secondary N) is 2. The zero-order valence-corrected chi connectivity index (χ0v) is 20.4. The average molecular weight is 545 g/mol. The fraction of sp³-hybridized carbons (Fsp3) is 0.333. The molecule has 10 nitrogen and oxygen atoms in total. The van der Waals surface area contributed by atoms with Gasteiger partial charge in [0.2, 0.25) is 11.8 Å². The Morgan fingerprint density at radius 3 is 2.57 bits per heavy atom. The maximum Gasteiger partial charge on any atom is 0.324 e. The van der Waals surface area contributed by atoms with E-state index < -0.39 is 47.2 Å². The summed E-state index contributed by atoms with van der Waals surface area (Å²) in [5.41, 5.74) is 4.69. The van der Waals surface area contributed by atoms with E-state index in [0.717, 1.165) is 4.90 Å². The number of carboxylic acid groups (broad SMARTS) is 1. The van der Waals surface area contributed by atoms with E-state index >= 15 is 0 Å². The molecule has 6 N–H and O–H groups in total. The maximum absolute atomic E-state index is 13.8. The van der Waals surface area contributed by atoms with Crippen LogP contribution in [0.3, 0.4) is 0 Å². The van der Waals surface area contributed by atoms with E-state index in [1.165, 1.54) is 6.07 Å². The number of carboxylic acids is 1. The van der Waals surface area contributed by atoms with E-state index in [-0.39, 0.29) is 25.1 Å². The summed E-state index contributed by atoms with van der Waals surface area (Å²) in [6.45, 7) is 1.86. The number of primary amides is 1. The molecule has 2 fully saturated rings. The molecule has 0 aromatic heterocycles. The number of carbonyl (C=O) groups is 4. The summed E-state index contributed by atoms with van der Waals surface area (Å²) in [5, 5.41) is 26.4. The van der Waals surface area contributed by atoms with Gasteiger partial charge in [0.1, 0.15) is 11.3 Å². The number of benzene rings is 2. The largest absolute Gasteiger partial charge is 0.508 e. The van der Waals surface area contributed by atoms with Crippen LogP contribution in [-0.2, 0) is 14.4 Å². The molecule has 4 atom stereocenters. The van der Waals surface area contributed by atoms with Crippen LogP contribution in [0.1, 0.15) is 30.0 Å². The van der Waals surface area contributed by atoms with Gasteiger partial charge in [0.05, 0.1) is 17.5 Å². The summed E-state index contributed by atoms with van der Waals surface area (Å²) < 4.78 is 0.620. The SMILES string of the molecule is Cc1ccccc1N1C(=O)C2C(c3cc(Br)ccc3O)NC(CCCNC(N)=O)(C(=O)O)C2C1=O. The van der Waals surface area contributed by atoms with Crippen LogP contribution in [0.15, 0.2) is 46.9 Å². The molecular weight excluding hydrogens is 520 g/mol. The zero-order chi connectivity index (χ0) is 25.5. The van der Waals surface area contributed by atoms with Gasteiger partial charge in [-0.1, -0.05) is 34.1 Å². The first kappa shape index (κ1) is 24.7. The molecule has 0 spiro atoms. The topological polar surface area (TPSA) is 162 Å². The Kier molecular flexibility index (Phi) is 6.56. The number of imide groups is 1. The Labute approximate surface area is 209 Å². The summed E-state index contributed by atoms with van der Waals surface area (Å²) >= 11 is 3.35. The third-order valence-corrected chi connectivity index (χ3v) is 7.26. The van der Waals surface area contributed by atoms with Crippen molar-refractivity contribution in [3.8, 4) is 5.75 Å². The number of fused-ring (bicyclic) bond motifs is 1. The number of phenols is 1. The summed E-state index contributed by atoms with van der Waals surface area (Å²) in [6.07, 6.45) is 0.129. The number of rotatable bonds is 7. The second-order valence-electron chi connectivity index (χ2n) is 8.80. The van der Waals surface area contributed by atoms with E-state index in [0.29, 0.717) is 21.3 Å². The van der Waals surface area contributed by atoms with Crippen molar-refractivity contribution in [2.75, 3.05) is 11.4 Å². The maximum atomic E-state index is 13.8. The molecule has 4 amide bonds. The Hall–Kier alpha value is -3.44. The van der Waals surface area contributed by atoms with Crippen molar-refractivity contribution in [3.05, 3.63) is 58.1 Å². The Bertz CT molecular complexity index is 1220. The minimum atomic E-state index is -1.81. The lowest BCUT2D eigenvalue weighted by Crippen LogP contribution is -2.56. The lowest BCUT2D eigenvalue weighted by molar-refractivity contribution is -0.149. The Balaban J connectivity index is 1.83. The van der Waals surface area contributed by atoms with Gasteiger partial charge in [0.15, 0.2) is 0 Å². The molecule has 2 aromatic rings. The minimum Gasteiger partial charge on any atom is -0.508 e. The summed E-state index contributed by atoms with van der Waals surface area (Å²) in [7, 11) is 0. The highest BCUT2D eigenvalue weighted by Crippen LogP contribution is 2.53. The smallest absolute Gasteiger partial charge is 0.324 e. The van der Waals surface area contributed by atoms with E-state index in [9.17, 15) is 29.4 Å². The molecule has 0 radical (unpaired) electrons. The molecule has 0 aliphatic carbocycles. The number of hydrogen-bond donors (Lipinski definition) is 5. The number of urea groups is 1. The lowest BCUT2D eigenvalue weighted by Gasteiger charge is -2.31. The van der Waals surface area contributed by atoms with Crippen LogP contribution >= 0.6 is 15.9 Å². The number of carbonyl (C=O) groups excluding carboxylic acids is 3. The molecule has 4 unspecified atom stereocenters. The number of aryl methyl sites for hydroxylation is 1. The van der Waals surface area contributed by atoms with E-state index in [4.69, 9.17) is 5.73 Å². The highest BCUT2D eigenvalue weighted by molar-refractivity contribution is 9.10. The van der Waals surface area contributed by atoms with Crippen molar-refractivity contribution >= 4 is 45.4 Å². The fourth-order valence-corrected chi connectivity index (χ4v) is 5.59. The minimum absolute atomic E-state index is 0.0598. The molecule has 11 heteroatoms. The molecular formula is C24H25BrN4O6. The van der Waals surface area contributed by atoms with Crippen LogP contribution in [0.2, 0.25) is 0 Å². The van der Waals surface area contributed by atoms with Gasteiger partial charge in [-0.15, -0.1) is 0 Å². The first-order chi connectivity index (χ1) is 16.6. The average Bonchev–Trinajstić information content (AvgIpc) is 3.28. The molecule has 2 aromatic carbocycles. The predicted octanol–water partition coefficient (Wildman–Crippen LogP) is 2.19. The fourth-order valence-electron chi connectivity index (χ4n) is 5.21. The molecule has 0 saturated carbocycles. The van der Waals surface area contributed by atoms with Gasteiger partial charge in [-0.3, -0.25) is 19.7 Å². The van der Waals surface area contributed by atoms with Crippen molar-refractivity contribution in [3.63, 3.8) is 0 Å². The monoisotopic (exact) mass is 544 g/mol. The van der Waals surface area contributed by atoms with Crippen molar-refractivity contribution in [2.45, 2.75) is 31.3 Å². The van der Waals surface area contributed by atoms with Crippen molar-refractivity contribution in [1.29, 1.82) is 0 Å². The van der Waals surface area contributed by atoms with Gasteiger partial charge in [0, 0.05) is 22.6 Å². The zero-order valence-electron chi connectivity index (χ0n) is 18.8. The number of phenolic OH excluding ortho intramolecular Hbond substituents is 1. The van der Waals surface area contributed by atoms with Crippen LogP contribution in [0, 0.1) is 18.8 Å². The van der Waals surface area contributed by atoms with Gasteiger partial charge < -0.3 is 21.3 Å². The Morgan fingerprint density at radius 1 is 1.20 bits per heavy atom. The molecule has 2 saturated heterocycles. The van der Waals surface area contributed by atoms with E-state index in [1.54, 1.807) is 43.3 Å². The number of halogens is 1. The van der Waals surface area contributed by atoms with Gasteiger partial charge >= 0.3 is 12.0 Å². The molecule has 2 aliphatic heterocycles. The van der Waals surface area contributed by atoms with Crippen LogP contribution in [0.25, 0.3) is 0 Å². The van der Waals surface area contributed by atoms with E-state index in [1.807, 2.05) is 0 Å². The number of anilines is 1. The highest BCUT2D eigenvalue weighted by atomic mass is 79.9. The van der Waals surface area contributed by atoms with Gasteiger partial charge in [0.25, 0.3) is 0 Å². The molecule has 4 rings (SSSR count). The van der Waals surface area contributed by atoms with Crippen LogP contribution in [0.5, 0.6) is 5.75 Å². The summed E-state index contributed by atoms with van der Waals surface area (Å²) in [5.74, 6) is -4.88. The summed E-state index contributed by atoms with van der Waals surface area (Å²) in [6, 6.07) is 9.86. The second-order valence-corrected chi connectivity index (χ2v) is 9.71. The first-order valence-electron chi connectivity index (χ1n) is 11.0. The number of aromatic hydroxyl groups is 1. The van der Waals surface area contributed by atoms with Crippen molar-refractivity contribution < 1.29 is 29.4 Å². The third kappa shape index (κ3) is 4.14. The van der Waals surface area contributed by atoms with Crippen LogP contribution in [0.4, 0.5) is 10.5 Å². The van der Waals surface area contributed by atoms with Gasteiger partial charge in [-0.05, 0) is 49.6 Å². The van der Waals surface area contributed by atoms with E-state index in [2.05, 4.69) is 26.6 Å².